The van der Waals surface area contributed by atoms with Crippen LogP contribution in [0.1, 0.15) is 25.7 Å². The second kappa shape index (κ2) is 10.1. The Morgan fingerprint density at radius 1 is 0.870 bits per heavy atom. The van der Waals surface area contributed by atoms with Gasteiger partial charge in [0.15, 0.2) is 0 Å². The first kappa shape index (κ1) is 20.3. The molecule has 11 nitrogen and oxygen atoms in total. The Morgan fingerprint density at radius 2 is 1.35 bits per heavy atom. The molecule has 130 valence electrons. The number of carbonyl (C=O) groups is 5. The minimum atomic E-state index is -1.36. The monoisotopic (exact) mass is 331 g/mol. The Bertz CT molecular complexity index is 481. The van der Waals surface area contributed by atoms with E-state index in [2.05, 4.69) is 10.6 Å². The van der Waals surface area contributed by atoms with Gasteiger partial charge in [-0.15, -0.1) is 0 Å². The predicted octanol–water partition coefficient (Wildman–Crippen LogP) is -3.47. The number of aliphatic carboxylic acids is 1. The van der Waals surface area contributed by atoms with Crippen molar-refractivity contribution in [1.82, 2.24) is 10.6 Å². The molecule has 0 aliphatic rings. The maximum absolute atomic E-state index is 12.1. The highest BCUT2D eigenvalue weighted by Gasteiger charge is 2.26. The molecule has 0 aromatic heterocycles. The van der Waals surface area contributed by atoms with Gasteiger partial charge in [-0.3, -0.25) is 19.2 Å². The smallest absolute Gasteiger partial charge is 0.326 e. The highest BCUT2D eigenvalue weighted by Crippen LogP contribution is 2.02. The molecule has 2 atom stereocenters. The van der Waals surface area contributed by atoms with Gasteiger partial charge in [0.05, 0.1) is 6.54 Å². The molecular formula is C12H21N5O6. The maximum atomic E-state index is 12.1. The van der Waals surface area contributed by atoms with Crippen LogP contribution in [0.3, 0.4) is 0 Å². The number of carboxylic acid groups (broad SMARTS) is 1. The molecule has 0 aromatic carbocycles. The van der Waals surface area contributed by atoms with E-state index in [1.165, 1.54) is 0 Å². The summed E-state index contributed by atoms with van der Waals surface area (Å²) in [6.07, 6.45) is -0.751. The van der Waals surface area contributed by atoms with Crippen LogP contribution < -0.4 is 27.8 Å². The van der Waals surface area contributed by atoms with Crippen LogP contribution in [-0.2, 0) is 24.0 Å². The van der Waals surface area contributed by atoms with Crippen molar-refractivity contribution in [2.24, 2.45) is 17.2 Å². The molecule has 2 unspecified atom stereocenters. The van der Waals surface area contributed by atoms with Crippen molar-refractivity contribution in [3.63, 3.8) is 0 Å². The van der Waals surface area contributed by atoms with E-state index < -0.39 is 41.7 Å². The number of hydrogen-bond donors (Lipinski definition) is 6. The van der Waals surface area contributed by atoms with Crippen LogP contribution in [0.15, 0.2) is 0 Å². The van der Waals surface area contributed by atoms with E-state index in [-0.39, 0.29) is 32.2 Å². The highest BCUT2D eigenvalue weighted by atomic mass is 16.4. The highest BCUT2D eigenvalue weighted by molar-refractivity contribution is 5.91. The van der Waals surface area contributed by atoms with E-state index in [0.29, 0.717) is 0 Å². The van der Waals surface area contributed by atoms with Crippen molar-refractivity contribution < 1.29 is 29.1 Å². The Labute approximate surface area is 131 Å². The van der Waals surface area contributed by atoms with Crippen molar-refractivity contribution in [3.05, 3.63) is 0 Å². The van der Waals surface area contributed by atoms with Crippen LogP contribution in [0, 0.1) is 0 Å². The van der Waals surface area contributed by atoms with E-state index >= 15 is 0 Å². The van der Waals surface area contributed by atoms with Crippen molar-refractivity contribution in [3.8, 4) is 0 Å². The minimum Gasteiger partial charge on any atom is -0.480 e. The average molecular weight is 331 g/mol. The Hall–Kier alpha value is -2.69. The van der Waals surface area contributed by atoms with Crippen molar-refractivity contribution in [1.29, 1.82) is 0 Å². The summed E-state index contributed by atoms with van der Waals surface area (Å²) in [5.74, 6) is -4.25. The van der Waals surface area contributed by atoms with Gasteiger partial charge in [-0.05, 0) is 12.8 Å². The quantitative estimate of drug-likeness (QED) is 0.225. The van der Waals surface area contributed by atoms with Crippen molar-refractivity contribution in [2.45, 2.75) is 37.8 Å². The van der Waals surface area contributed by atoms with Crippen LogP contribution in [-0.4, -0.2) is 53.3 Å². The number of carbonyl (C=O) groups excluding carboxylic acids is 4. The Kier molecular flexibility index (Phi) is 8.92. The van der Waals surface area contributed by atoms with E-state index in [0.717, 1.165) is 0 Å². The van der Waals surface area contributed by atoms with Crippen LogP contribution >= 0.6 is 0 Å². The number of amides is 4. The fourth-order valence-electron chi connectivity index (χ4n) is 1.62. The van der Waals surface area contributed by atoms with Gasteiger partial charge in [-0.1, -0.05) is 0 Å². The molecule has 0 saturated carbocycles. The number of nitrogens with one attached hydrogen (secondary N) is 2. The van der Waals surface area contributed by atoms with Gasteiger partial charge in [-0.2, -0.15) is 0 Å². The van der Waals surface area contributed by atoms with E-state index in [9.17, 15) is 24.0 Å². The minimum absolute atomic E-state index is 0.116. The lowest BCUT2D eigenvalue weighted by Crippen LogP contribution is -2.52. The molecule has 9 N–H and O–H groups in total. The molecule has 0 aliphatic heterocycles. The third kappa shape index (κ3) is 9.03. The summed E-state index contributed by atoms with van der Waals surface area (Å²) in [4.78, 5) is 55.9. The number of primary amides is 2. The summed E-state index contributed by atoms with van der Waals surface area (Å²) < 4.78 is 0. The summed E-state index contributed by atoms with van der Waals surface area (Å²) in [5, 5.41) is 13.4. The van der Waals surface area contributed by atoms with Crippen molar-refractivity contribution in [2.75, 3.05) is 6.54 Å². The maximum Gasteiger partial charge on any atom is 0.326 e. The van der Waals surface area contributed by atoms with Crippen LogP contribution in [0.5, 0.6) is 0 Å². The first-order valence-electron chi connectivity index (χ1n) is 6.76. The van der Waals surface area contributed by atoms with E-state index in [1.807, 2.05) is 0 Å². The summed E-state index contributed by atoms with van der Waals surface area (Å²) in [7, 11) is 0. The molecule has 0 aromatic rings. The normalized spacial score (nSPS) is 12.7. The molecule has 0 spiro atoms. The van der Waals surface area contributed by atoms with Crippen LogP contribution in [0.4, 0.5) is 0 Å². The first-order chi connectivity index (χ1) is 10.7. The Morgan fingerprint density at radius 3 is 1.74 bits per heavy atom. The number of rotatable bonds is 11. The van der Waals surface area contributed by atoms with Gasteiger partial charge in [0.2, 0.25) is 23.6 Å². The van der Waals surface area contributed by atoms with Gasteiger partial charge in [0.1, 0.15) is 12.1 Å². The lowest BCUT2D eigenvalue weighted by atomic mass is 10.1. The summed E-state index contributed by atoms with van der Waals surface area (Å²) >= 11 is 0. The first-order valence-corrected chi connectivity index (χ1v) is 6.76. The van der Waals surface area contributed by atoms with Gasteiger partial charge >= 0.3 is 5.97 Å². The second-order valence-corrected chi connectivity index (χ2v) is 4.73. The number of carboxylic acids is 1. The molecular weight excluding hydrogens is 310 g/mol. The zero-order chi connectivity index (χ0) is 18.0. The molecule has 0 rings (SSSR count). The topological polar surface area (TPSA) is 208 Å². The second-order valence-electron chi connectivity index (χ2n) is 4.73. The largest absolute Gasteiger partial charge is 0.480 e. The zero-order valence-electron chi connectivity index (χ0n) is 12.4. The fraction of sp³-hybridized carbons (Fsp3) is 0.583. The average Bonchev–Trinajstić information content (AvgIpc) is 2.46. The summed E-state index contributed by atoms with van der Waals surface area (Å²) in [6, 6.07) is -2.53. The molecule has 23 heavy (non-hydrogen) atoms. The zero-order valence-corrected chi connectivity index (χ0v) is 12.4. The van der Waals surface area contributed by atoms with E-state index in [4.69, 9.17) is 22.3 Å². The summed E-state index contributed by atoms with van der Waals surface area (Å²) in [6.45, 7) is -0.385. The molecule has 4 amide bonds. The molecule has 11 heteroatoms. The van der Waals surface area contributed by atoms with E-state index in [1.54, 1.807) is 0 Å². The lowest BCUT2D eigenvalue weighted by molar-refractivity contribution is -0.142. The van der Waals surface area contributed by atoms with Gasteiger partial charge < -0.3 is 32.9 Å². The molecule has 0 heterocycles. The molecule has 0 fully saturated rings. The molecule has 0 bridgehead atoms. The molecule has 0 saturated heterocycles. The third-order valence-corrected chi connectivity index (χ3v) is 2.81. The number of nitrogens with two attached hydrogens (primary N) is 3. The fourth-order valence-corrected chi connectivity index (χ4v) is 1.62. The van der Waals surface area contributed by atoms with Crippen molar-refractivity contribution >= 4 is 29.6 Å². The standard InChI is InChI=1S/C12H21N5O6/c13-5-10(20)16-6(1-3-8(14)18)11(21)17-7(12(22)23)2-4-9(15)19/h6-7H,1-5,13H2,(H2,14,18)(H2,15,19)(H,16,20)(H,17,21)(H,22,23). The predicted molar refractivity (Wildman–Crippen MR) is 77.4 cm³/mol. The number of hydrogen-bond acceptors (Lipinski definition) is 6. The third-order valence-electron chi connectivity index (χ3n) is 2.81. The SMILES string of the molecule is NCC(=O)NC(CCC(N)=O)C(=O)NC(CCC(N)=O)C(=O)O. The molecule has 0 radical (unpaired) electrons. The lowest BCUT2D eigenvalue weighted by Gasteiger charge is -2.20. The molecule has 0 aliphatic carbocycles. The van der Waals surface area contributed by atoms with Gasteiger partial charge in [0.25, 0.3) is 0 Å². The summed E-state index contributed by atoms with van der Waals surface area (Å²) in [5.41, 5.74) is 15.0. The van der Waals surface area contributed by atoms with Crippen LogP contribution in [0.2, 0.25) is 0 Å². The van der Waals surface area contributed by atoms with Gasteiger partial charge in [-0.25, -0.2) is 4.79 Å². The Balaban J connectivity index is 4.86. The van der Waals surface area contributed by atoms with Gasteiger partial charge in [0, 0.05) is 12.8 Å². The van der Waals surface area contributed by atoms with Crippen LogP contribution in [0.25, 0.3) is 0 Å².